The maximum atomic E-state index is 5.82. The molecule has 0 atom stereocenters. The van der Waals surface area contributed by atoms with E-state index in [0.717, 1.165) is 13.1 Å². The Kier molecular flexibility index (Phi) is 4.55. The zero-order valence-corrected chi connectivity index (χ0v) is 13.4. The molecule has 1 aliphatic rings. The Bertz CT molecular complexity index is 548. The van der Waals surface area contributed by atoms with Crippen LogP contribution in [0.1, 0.15) is 38.1 Å². The Labute approximate surface area is 129 Å². The quantitative estimate of drug-likeness (QED) is 0.812. The number of hydrogen-bond acceptors (Lipinski definition) is 6. The second kappa shape index (κ2) is 6.58. The molecule has 114 valence electrons. The Morgan fingerprint density at radius 1 is 1.43 bits per heavy atom. The van der Waals surface area contributed by atoms with Crippen molar-refractivity contribution in [1.82, 2.24) is 15.5 Å². The van der Waals surface area contributed by atoms with Gasteiger partial charge in [-0.15, -0.1) is 5.10 Å². The molecule has 0 aromatic carbocycles. The Morgan fingerprint density at radius 3 is 2.95 bits per heavy atom. The summed E-state index contributed by atoms with van der Waals surface area (Å²) in [4.78, 5) is 2.24. The van der Waals surface area contributed by atoms with E-state index in [9.17, 15) is 0 Å². The van der Waals surface area contributed by atoms with Gasteiger partial charge in [0.25, 0.3) is 0 Å². The maximum Gasteiger partial charge on any atom is 0.318 e. The molecular formula is C15H22N4OS. The molecule has 2 aromatic rings. The van der Waals surface area contributed by atoms with Gasteiger partial charge in [-0.1, -0.05) is 18.9 Å². The minimum atomic E-state index is 0.557. The van der Waals surface area contributed by atoms with Gasteiger partial charge in [-0.2, -0.15) is 11.3 Å². The number of nitrogens with one attached hydrogen (secondary N) is 1. The normalized spacial score (nSPS) is 14.8. The van der Waals surface area contributed by atoms with Crippen LogP contribution >= 0.6 is 11.3 Å². The molecule has 0 saturated heterocycles. The lowest BCUT2D eigenvalue weighted by molar-refractivity contribution is 0.445. The van der Waals surface area contributed by atoms with Crippen molar-refractivity contribution in [2.45, 2.75) is 45.8 Å². The average Bonchev–Trinajstić information content (AvgIpc) is 2.97. The highest BCUT2D eigenvalue weighted by molar-refractivity contribution is 7.07. The summed E-state index contributed by atoms with van der Waals surface area (Å²) >= 11 is 1.72. The van der Waals surface area contributed by atoms with Crippen molar-refractivity contribution in [3.8, 4) is 0 Å². The first-order valence-electron chi connectivity index (χ1n) is 7.53. The number of anilines is 1. The first kappa shape index (κ1) is 14.5. The van der Waals surface area contributed by atoms with Gasteiger partial charge in [-0.25, -0.2) is 0 Å². The van der Waals surface area contributed by atoms with Crippen molar-refractivity contribution in [3.63, 3.8) is 0 Å². The van der Waals surface area contributed by atoms with Crippen LogP contribution in [0.15, 0.2) is 21.2 Å². The smallest absolute Gasteiger partial charge is 0.318 e. The van der Waals surface area contributed by atoms with Crippen molar-refractivity contribution in [1.29, 1.82) is 0 Å². The molecular weight excluding hydrogens is 284 g/mol. The average molecular weight is 306 g/mol. The van der Waals surface area contributed by atoms with E-state index in [1.54, 1.807) is 11.3 Å². The molecule has 1 fully saturated rings. The number of rotatable bonds is 8. The van der Waals surface area contributed by atoms with Crippen molar-refractivity contribution in [2.24, 2.45) is 5.92 Å². The molecule has 0 unspecified atom stereocenters. The first-order chi connectivity index (χ1) is 10.2. The van der Waals surface area contributed by atoms with Crippen LogP contribution in [0, 0.1) is 5.92 Å². The Balaban J connectivity index is 1.62. The van der Waals surface area contributed by atoms with Gasteiger partial charge in [-0.3, -0.25) is 0 Å². The van der Waals surface area contributed by atoms with Crippen LogP contribution in [-0.4, -0.2) is 22.8 Å². The molecule has 1 N–H and O–H groups in total. The summed E-state index contributed by atoms with van der Waals surface area (Å²) in [5, 5.41) is 16.0. The molecule has 2 heterocycles. The van der Waals surface area contributed by atoms with Crippen LogP contribution in [0.5, 0.6) is 0 Å². The molecule has 2 aromatic heterocycles. The number of thiophene rings is 1. The zero-order chi connectivity index (χ0) is 14.7. The SMILES string of the molecule is CC(C)CNCc1nnc(N(Cc2ccsc2)C2CC2)o1. The zero-order valence-electron chi connectivity index (χ0n) is 12.6. The molecule has 0 bridgehead atoms. The van der Waals surface area contributed by atoms with Crippen molar-refractivity contribution >= 4 is 17.4 Å². The summed E-state index contributed by atoms with van der Waals surface area (Å²) in [5.41, 5.74) is 1.31. The monoisotopic (exact) mass is 306 g/mol. The lowest BCUT2D eigenvalue weighted by Crippen LogP contribution is -2.25. The number of nitrogens with zero attached hydrogens (tertiary/aromatic N) is 3. The summed E-state index contributed by atoms with van der Waals surface area (Å²) in [6.45, 7) is 6.82. The van der Waals surface area contributed by atoms with Gasteiger partial charge in [0.2, 0.25) is 5.89 Å². The molecule has 0 spiro atoms. The lowest BCUT2D eigenvalue weighted by Gasteiger charge is -2.18. The summed E-state index contributed by atoms with van der Waals surface area (Å²) in [5.74, 6) is 1.29. The van der Waals surface area contributed by atoms with Gasteiger partial charge in [0.05, 0.1) is 6.54 Å². The van der Waals surface area contributed by atoms with Crippen LogP contribution in [0.3, 0.4) is 0 Å². The van der Waals surface area contributed by atoms with E-state index in [4.69, 9.17) is 4.42 Å². The van der Waals surface area contributed by atoms with Gasteiger partial charge in [0, 0.05) is 12.6 Å². The molecule has 5 nitrogen and oxygen atoms in total. The minimum Gasteiger partial charge on any atom is -0.407 e. The standard InChI is InChI=1S/C15H22N4OS/c1-11(2)7-16-8-14-17-18-15(20-14)19(13-3-4-13)9-12-5-6-21-10-12/h5-6,10-11,13,16H,3-4,7-9H2,1-2H3. The van der Waals surface area contributed by atoms with Crippen LogP contribution in [0.4, 0.5) is 6.01 Å². The van der Waals surface area contributed by atoms with Crippen LogP contribution < -0.4 is 10.2 Å². The fraction of sp³-hybridized carbons (Fsp3) is 0.600. The highest BCUT2D eigenvalue weighted by Crippen LogP contribution is 2.32. The highest BCUT2D eigenvalue weighted by atomic mass is 32.1. The van der Waals surface area contributed by atoms with Gasteiger partial charge < -0.3 is 14.6 Å². The molecule has 1 saturated carbocycles. The van der Waals surface area contributed by atoms with E-state index in [-0.39, 0.29) is 0 Å². The summed E-state index contributed by atoms with van der Waals surface area (Å²) in [6.07, 6.45) is 2.43. The Morgan fingerprint density at radius 2 is 2.29 bits per heavy atom. The van der Waals surface area contributed by atoms with E-state index in [0.29, 0.717) is 30.4 Å². The molecule has 0 radical (unpaired) electrons. The highest BCUT2D eigenvalue weighted by Gasteiger charge is 2.32. The van der Waals surface area contributed by atoms with Crippen LogP contribution in [0.25, 0.3) is 0 Å². The minimum absolute atomic E-state index is 0.557. The van der Waals surface area contributed by atoms with Gasteiger partial charge in [0.1, 0.15) is 0 Å². The summed E-state index contributed by atoms with van der Waals surface area (Å²) in [7, 11) is 0. The third kappa shape index (κ3) is 4.04. The van der Waals surface area contributed by atoms with Crippen molar-refractivity contribution in [3.05, 3.63) is 28.3 Å². The molecule has 0 amide bonds. The third-order valence-electron chi connectivity index (χ3n) is 3.45. The van der Waals surface area contributed by atoms with E-state index >= 15 is 0 Å². The van der Waals surface area contributed by atoms with Crippen LogP contribution in [0.2, 0.25) is 0 Å². The second-order valence-corrected chi connectivity index (χ2v) is 6.77. The Hall–Kier alpha value is -1.40. The first-order valence-corrected chi connectivity index (χ1v) is 8.47. The summed E-state index contributed by atoms with van der Waals surface area (Å²) in [6, 6.07) is 3.37. The number of hydrogen-bond donors (Lipinski definition) is 1. The third-order valence-corrected chi connectivity index (χ3v) is 4.18. The maximum absolute atomic E-state index is 5.82. The van der Waals surface area contributed by atoms with Crippen molar-refractivity contribution < 1.29 is 4.42 Å². The van der Waals surface area contributed by atoms with E-state index in [2.05, 4.69) is 51.1 Å². The number of aromatic nitrogens is 2. The van der Waals surface area contributed by atoms with E-state index < -0.39 is 0 Å². The molecule has 21 heavy (non-hydrogen) atoms. The predicted octanol–water partition coefficient (Wildman–Crippen LogP) is 3.05. The molecule has 0 aliphatic heterocycles. The topological polar surface area (TPSA) is 54.2 Å². The predicted molar refractivity (Wildman–Crippen MR) is 84.4 cm³/mol. The molecule has 1 aliphatic carbocycles. The van der Waals surface area contributed by atoms with Gasteiger partial charge in [-0.05, 0) is 47.7 Å². The largest absolute Gasteiger partial charge is 0.407 e. The van der Waals surface area contributed by atoms with Gasteiger partial charge in [0.15, 0.2) is 0 Å². The fourth-order valence-corrected chi connectivity index (χ4v) is 2.88. The van der Waals surface area contributed by atoms with E-state index in [1.807, 2.05) is 0 Å². The fourth-order valence-electron chi connectivity index (χ4n) is 2.22. The van der Waals surface area contributed by atoms with E-state index in [1.165, 1.54) is 18.4 Å². The van der Waals surface area contributed by atoms with Crippen LogP contribution in [-0.2, 0) is 13.1 Å². The summed E-state index contributed by atoms with van der Waals surface area (Å²) < 4.78 is 5.82. The second-order valence-electron chi connectivity index (χ2n) is 5.99. The van der Waals surface area contributed by atoms with Crippen molar-refractivity contribution in [2.75, 3.05) is 11.4 Å². The molecule has 3 rings (SSSR count). The van der Waals surface area contributed by atoms with Gasteiger partial charge >= 0.3 is 6.01 Å². The molecule has 6 heteroatoms. The lowest BCUT2D eigenvalue weighted by atomic mass is 10.2.